The highest BCUT2D eigenvalue weighted by Gasteiger charge is 2.34. The molecule has 3 nitrogen and oxygen atoms in total. The van der Waals surface area contributed by atoms with E-state index in [9.17, 15) is 22.4 Å². The maximum absolute atomic E-state index is 13.8. The topological polar surface area (TPSA) is 39.2 Å². The van der Waals surface area contributed by atoms with Gasteiger partial charge in [-0.1, -0.05) is 42.5 Å². The Hall–Kier alpha value is -4.00. The Bertz CT molecular complexity index is 1440. The van der Waals surface area contributed by atoms with Crippen LogP contribution in [0.2, 0.25) is 0 Å². The standard InChI is InChI=1S/C26H15F4NO2/c27-22-12-16-7-9-18(31-23(16)13-21(22)26(28,29)30)8-5-15-6-10-24-20(11-15)25(32)19-4-2-1-3-17(19)14-33-24/h1-13H,14H2. The lowest BCUT2D eigenvalue weighted by molar-refractivity contribution is -0.139. The molecule has 0 bridgehead atoms. The molecule has 1 aromatic heterocycles. The van der Waals surface area contributed by atoms with E-state index in [0.717, 1.165) is 11.6 Å². The zero-order valence-electron chi connectivity index (χ0n) is 17.0. The van der Waals surface area contributed by atoms with Gasteiger partial charge in [0.1, 0.15) is 18.2 Å². The van der Waals surface area contributed by atoms with Gasteiger partial charge in [-0.3, -0.25) is 4.79 Å². The van der Waals surface area contributed by atoms with E-state index in [-0.39, 0.29) is 16.7 Å². The summed E-state index contributed by atoms with van der Waals surface area (Å²) in [5, 5.41) is 0.268. The van der Waals surface area contributed by atoms with Crippen molar-refractivity contribution in [3.8, 4) is 5.75 Å². The number of ether oxygens (including phenoxy) is 1. The molecule has 3 aromatic carbocycles. The summed E-state index contributed by atoms with van der Waals surface area (Å²) in [7, 11) is 0. The Morgan fingerprint density at radius 3 is 2.55 bits per heavy atom. The van der Waals surface area contributed by atoms with Crippen LogP contribution in [0.5, 0.6) is 5.75 Å². The molecule has 7 heteroatoms. The zero-order valence-corrected chi connectivity index (χ0v) is 17.0. The summed E-state index contributed by atoms with van der Waals surface area (Å²) in [6.45, 7) is 0.297. The summed E-state index contributed by atoms with van der Waals surface area (Å²) in [5.74, 6) is -0.990. The highest BCUT2D eigenvalue weighted by atomic mass is 19.4. The van der Waals surface area contributed by atoms with Gasteiger partial charge in [0.05, 0.1) is 22.3 Å². The average Bonchev–Trinajstić information content (AvgIpc) is 2.93. The first kappa shape index (κ1) is 20.9. The first-order valence-corrected chi connectivity index (χ1v) is 10.0. The van der Waals surface area contributed by atoms with Crippen molar-refractivity contribution in [2.45, 2.75) is 12.8 Å². The number of aromatic nitrogens is 1. The molecular weight excluding hydrogens is 434 g/mol. The third-order valence-electron chi connectivity index (χ3n) is 5.44. The van der Waals surface area contributed by atoms with Crippen LogP contribution in [0.4, 0.5) is 17.6 Å². The SMILES string of the molecule is O=C1c2ccccc2COc2ccc(C=Cc3ccc4cc(F)c(C(F)(F)F)cc4n3)cc21. The largest absolute Gasteiger partial charge is 0.488 e. The lowest BCUT2D eigenvalue weighted by atomic mass is 9.98. The molecule has 0 unspecified atom stereocenters. The summed E-state index contributed by atoms with van der Waals surface area (Å²) in [4.78, 5) is 17.2. The minimum Gasteiger partial charge on any atom is -0.488 e. The number of hydrogen-bond acceptors (Lipinski definition) is 3. The molecule has 33 heavy (non-hydrogen) atoms. The van der Waals surface area contributed by atoms with E-state index in [4.69, 9.17) is 4.74 Å². The van der Waals surface area contributed by atoms with E-state index in [2.05, 4.69) is 4.98 Å². The van der Waals surface area contributed by atoms with E-state index < -0.39 is 17.6 Å². The Balaban J connectivity index is 1.48. The Kier molecular flexibility index (Phi) is 4.96. The number of rotatable bonds is 2. The van der Waals surface area contributed by atoms with Gasteiger partial charge in [-0.05, 0) is 42.0 Å². The number of benzene rings is 3. The van der Waals surface area contributed by atoms with Gasteiger partial charge in [0, 0.05) is 16.5 Å². The lowest BCUT2D eigenvalue weighted by Crippen LogP contribution is -2.08. The molecule has 0 aliphatic carbocycles. The molecule has 1 aliphatic heterocycles. The minimum atomic E-state index is -4.80. The second-order valence-corrected chi connectivity index (χ2v) is 7.62. The molecule has 1 aliphatic rings. The van der Waals surface area contributed by atoms with Gasteiger partial charge in [-0.15, -0.1) is 0 Å². The molecule has 0 radical (unpaired) electrons. The lowest BCUT2D eigenvalue weighted by Gasteiger charge is -2.09. The number of halogens is 4. The number of nitrogens with zero attached hydrogens (tertiary/aromatic N) is 1. The fourth-order valence-electron chi connectivity index (χ4n) is 3.77. The number of fused-ring (bicyclic) bond motifs is 3. The van der Waals surface area contributed by atoms with Crippen molar-refractivity contribution in [1.82, 2.24) is 4.98 Å². The van der Waals surface area contributed by atoms with Crippen LogP contribution < -0.4 is 4.74 Å². The molecule has 0 spiro atoms. The monoisotopic (exact) mass is 449 g/mol. The van der Waals surface area contributed by atoms with Crippen LogP contribution in [-0.4, -0.2) is 10.8 Å². The fraction of sp³-hybridized carbons (Fsp3) is 0.0769. The Morgan fingerprint density at radius 2 is 1.73 bits per heavy atom. The van der Waals surface area contributed by atoms with Crippen LogP contribution >= 0.6 is 0 Å². The molecule has 5 rings (SSSR count). The first-order chi connectivity index (χ1) is 15.8. The molecular formula is C26H15F4NO2. The quantitative estimate of drug-likeness (QED) is 0.320. The van der Waals surface area contributed by atoms with Crippen molar-refractivity contribution in [3.05, 3.63) is 106 Å². The van der Waals surface area contributed by atoms with E-state index in [1.54, 1.807) is 48.6 Å². The maximum Gasteiger partial charge on any atom is 0.419 e. The summed E-state index contributed by atoms with van der Waals surface area (Å²) < 4.78 is 58.6. The molecule has 0 saturated heterocycles. The van der Waals surface area contributed by atoms with Crippen LogP contribution in [0.25, 0.3) is 23.1 Å². The van der Waals surface area contributed by atoms with Crippen LogP contribution in [0.15, 0.2) is 66.7 Å². The van der Waals surface area contributed by atoms with E-state index >= 15 is 0 Å². The van der Waals surface area contributed by atoms with E-state index in [0.29, 0.717) is 40.8 Å². The van der Waals surface area contributed by atoms with Crippen molar-refractivity contribution >= 4 is 28.8 Å². The number of ketones is 1. The molecule has 0 N–H and O–H groups in total. The summed E-state index contributed by atoms with van der Waals surface area (Å²) in [5.41, 5.74) is 1.60. The van der Waals surface area contributed by atoms with Crippen molar-refractivity contribution in [2.24, 2.45) is 0 Å². The van der Waals surface area contributed by atoms with Crippen molar-refractivity contribution in [1.29, 1.82) is 0 Å². The van der Waals surface area contributed by atoms with Crippen molar-refractivity contribution in [3.63, 3.8) is 0 Å². The smallest absolute Gasteiger partial charge is 0.419 e. The van der Waals surface area contributed by atoms with Gasteiger partial charge in [0.2, 0.25) is 0 Å². The third kappa shape index (κ3) is 3.98. The first-order valence-electron chi connectivity index (χ1n) is 10.0. The summed E-state index contributed by atoms with van der Waals surface area (Å²) in [6.07, 6.45) is -1.48. The van der Waals surface area contributed by atoms with Crippen molar-refractivity contribution in [2.75, 3.05) is 0 Å². The molecule has 0 amide bonds. The average molecular weight is 449 g/mol. The number of carbonyl (C=O) groups excluding carboxylic acids is 1. The number of carbonyl (C=O) groups is 1. The number of alkyl halides is 3. The van der Waals surface area contributed by atoms with E-state index in [1.165, 1.54) is 6.07 Å². The molecule has 0 atom stereocenters. The second kappa shape index (κ2) is 7.85. The van der Waals surface area contributed by atoms with Crippen LogP contribution in [0, 0.1) is 5.82 Å². The number of pyridine rings is 1. The van der Waals surface area contributed by atoms with Crippen molar-refractivity contribution < 1.29 is 27.1 Å². The van der Waals surface area contributed by atoms with Gasteiger partial charge in [0.15, 0.2) is 5.78 Å². The van der Waals surface area contributed by atoms with Gasteiger partial charge in [-0.2, -0.15) is 13.2 Å². The molecule has 0 saturated carbocycles. The summed E-state index contributed by atoms with van der Waals surface area (Å²) in [6, 6.07) is 17.1. The number of hydrogen-bond donors (Lipinski definition) is 0. The highest BCUT2D eigenvalue weighted by Crippen LogP contribution is 2.34. The van der Waals surface area contributed by atoms with E-state index in [1.807, 2.05) is 12.1 Å². The maximum atomic E-state index is 13.8. The van der Waals surface area contributed by atoms with Crippen LogP contribution in [-0.2, 0) is 12.8 Å². The third-order valence-corrected chi connectivity index (χ3v) is 5.44. The van der Waals surface area contributed by atoms with Crippen LogP contribution in [0.1, 0.15) is 38.3 Å². The zero-order chi connectivity index (χ0) is 23.2. The van der Waals surface area contributed by atoms with Gasteiger partial charge in [-0.25, -0.2) is 9.37 Å². The molecule has 164 valence electrons. The predicted molar refractivity (Wildman–Crippen MR) is 116 cm³/mol. The second-order valence-electron chi connectivity index (χ2n) is 7.62. The van der Waals surface area contributed by atoms with Gasteiger partial charge in [0.25, 0.3) is 0 Å². The molecule has 2 heterocycles. The fourth-order valence-corrected chi connectivity index (χ4v) is 3.77. The Morgan fingerprint density at radius 1 is 0.909 bits per heavy atom. The molecule has 0 fully saturated rings. The summed E-state index contributed by atoms with van der Waals surface area (Å²) >= 11 is 0. The van der Waals surface area contributed by atoms with Crippen LogP contribution in [0.3, 0.4) is 0 Å². The van der Waals surface area contributed by atoms with Gasteiger partial charge < -0.3 is 4.74 Å². The van der Waals surface area contributed by atoms with Gasteiger partial charge >= 0.3 is 6.18 Å². The highest BCUT2D eigenvalue weighted by molar-refractivity contribution is 6.12. The Labute approximate surface area is 186 Å². The normalized spacial score (nSPS) is 13.5. The minimum absolute atomic E-state index is 0.0352. The molecule has 4 aromatic rings. The predicted octanol–water partition coefficient (Wildman–Crippen LogP) is 6.69.